The molecule has 1 atom stereocenters. The highest BCUT2D eigenvalue weighted by atomic mass is 16.5. The third kappa shape index (κ3) is 8.28. The molecule has 0 aromatic rings. The third-order valence-corrected chi connectivity index (χ3v) is 4.34. The summed E-state index contributed by atoms with van der Waals surface area (Å²) in [6.07, 6.45) is 14.0. The van der Waals surface area contributed by atoms with Crippen LogP contribution in [-0.2, 0) is 9.53 Å². The number of hydrogen-bond donors (Lipinski definition) is 0. The first kappa shape index (κ1) is 16.5. The van der Waals surface area contributed by atoms with Gasteiger partial charge in [-0.05, 0) is 43.9 Å². The van der Waals surface area contributed by atoms with E-state index < -0.39 is 0 Å². The second-order valence-electron chi connectivity index (χ2n) is 6.95. The zero-order valence-corrected chi connectivity index (χ0v) is 13.2. The van der Waals surface area contributed by atoms with E-state index in [0.29, 0.717) is 5.41 Å². The molecule has 0 amide bonds. The summed E-state index contributed by atoms with van der Waals surface area (Å²) in [6.45, 7) is 6.35. The molecule has 1 rings (SSSR count). The van der Waals surface area contributed by atoms with Gasteiger partial charge < -0.3 is 4.74 Å². The lowest BCUT2D eigenvalue weighted by Gasteiger charge is -2.24. The Labute approximate surface area is 119 Å². The lowest BCUT2D eigenvalue weighted by Crippen LogP contribution is -2.16. The fourth-order valence-electron chi connectivity index (χ4n) is 3.10. The molecule has 19 heavy (non-hydrogen) atoms. The van der Waals surface area contributed by atoms with E-state index in [1.54, 1.807) is 0 Å². The Morgan fingerprint density at radius 2 is 1.37 bits per heavy atom. The lowest BCUT2D eigenvalue weighted by atomic mass is 9.82. The third-order valence-electron chi connectivity index (χ3n) is 4.34. The van der Waals surface area contributed by atoms with E-state index in [4.69, 9.17) is 4.74 Å². The second-order valence-corrected chi connectivity index (χ2v) is 6.95. The van der Waals surface area contributed by atoms with Gasteiger partial charge in [-0.2, -0.15) is 0 Å². The average molecular weight is 268 g/mol. The molecule has 0 saturated heterocycles. The predicted molar refractivity (Wildman–Crippen MR) is 80.1 cm³/mol. The minimum absolute atomic E-state index is 0.115. The molecule has 1 saturated carbocycles. The summed E-state index contributed by atoms with van der Waals surface area (Å²) in [5.74, 6) is -0.115. The monoisotopic (exact) mass is 268 g/mol. The summed E-state index contributed by atoms with van der Waals surface area (Å²) in [5.41, 5.74) is 0.517. The van der Waals surface area contributed by atoms with Gasteiger partial charge in [0.25, 0.3) is 0 Å². The maximum absolute atomic E-state index is 11.1. The summed E-state index contributed by atoms with van der Waals surface area (Å²) < 4.78 is 5.43. The van der Waals surface area contributed by atoms with Crippen LogP contribution < -0.4 is 0 Å². The van der Waals surface area contributed by atoms with Gasteiger partial charge in [0.1, 0.15) is 6.10 Å². The van der Waals surface area contributed by atoms with Crippen LogP contribution in [-0.4, -0.2) is 12.1 Å². The number of ether oxygens (including phenoxy) is 1. The molecule has 0 radical (unpaired) electrons. The maximum Gasteiger partial charge on any atom is 0.302 e. The van der Waals surface area contributed by atoms with E-state index >= 15 is 0 Å². The van der Waals surface area contributed by atoms with Crippen molar-refractivity contribution in [1.29, 1.82) is 0 Å². The molecule has 0 aromatic carbocycles. The van der Waals surface area contributed by atoms with Gasteiger partial charge in [0.05, 0.1) is 0 Å². The smallest absolute Gasteiger partial charge is 0.302 e. The highest BCUT2D eigenvalue weighted by Gasteiger charge is 2.18. The van der Waals surface area contributed by atoms with Crippen molar-refractivity contribution < 1.29 is 9.53 Å². The van der Waals surface area contributed by atoms with Gasteiger partial charge in [-0.15, -0.1) is 0 Å². The van der Waals surface area contributed by atoms with E-state index in [-0.39, 0.29) is 12.1 Å². The molecule has 1 aliphatic carbocycles. The highest BCUT2D eigenvalue weighted by molar-refractivity contribution is 5.66. The van der Waals surface area contributed by atoms with Gasteiger partial charge in [-0.25, -0.2) is 0 Å². The predicted octanol–water partition coefficient (Wildman–Crippen LogP) is 5.25. The maximum atomic E-state index is 11.1. The van der Waals surface area contributed by atoms with Crippen molar-refractivity contribution in [3.8, 4) is 0 Å². The molecule has 0 aliphatic heterocycles. The number of rotatable bonds is 1. The van der Waals surface area contributed by atoms with Gasteiger partial charge in [0.15, 0.2) is 0 Å². The van der Waals surface area contributed by atoms with Crippen LogP contribution >= 0.6 is 0 Å². The van der Waals surface area contributed by atoms with Crippen molar-refractivity contribution in [2.75, 3.05) is 0 Å². The SMILES string of the molecule is CC(=O)OC1CCCCCCC(C)(C)CCCCC1. The first-order valence-electron chi connectivity index (χ1n) is 8.17. The minimum atomic E-state index is -0.115. The lowest BCUT2D eigenvalue weighted by molar-refractivity contribution is -0.147. The van der Waals surface area contributed by atoms with Crippen LogP contribution in [0.3, 0.4) is 0 Å². The summed E-state index contributed by atoms with van der Waals surface area (Å²) in [6, 6.07) is 0. The van der Waals surface area contributed by atoms with Crippen LogP contribution in [0.15, 0.2) is 0 Å². The Hall–Kier alpha value is -0.530. The molecule has 0 spiro atoms. The van der Waals surface area contributed by atoms with Crippen molar-refractivity contribution >= 4 is 5.97 Å². The van der Waals surface area contributed by atoms with Crippen LogP contribution in [0, 0.1) is 5.41 Å². The molecular formula is C17H32O2. The van der Waals surface area contributed by atoms with E-state index in [0.717, 1.165) is 12.8 Å². The van der Waals surface area contributed by atoms with Crippen molar-refractivity contribution in [2.24, 2.45) is 5.41 Å². The number of carbonyl (C=O) groups excluding carboxylic acids is 1. The quantitative estimate of drug-likeness (QED) is 0.607. The molecule has 1 fully saturated rings. The second kappa shape index (κ2) is 8.60. The first-order chi connectivity index (χ1) is 8.99. The topological polar surface area (TPSA) is 26.3 Å². The van der Waals surface area contributed by atoms with Crippen molar-refractivity contribution in [3.63, 3.8) is 0 Å². The molecule has 0 heterocycles. The van der Waals surface area contributed by atoms with Gasteiger partial charge in [0, 0.05) is 6.92 Å². The van der Waals surface area contributed by atoms with Crippen molar-refractivity contribution in [1.82, 2.24) is 0 Å². The van der Waals surface area contributed by atoms with Gasteiger partial charge in [-0.3, -0.25) is 4.79 Å². The van der Waals surface area contributed by atoms with E-state index in [1.807, 2.05) is 0 Å². The summed E-state index contributed by atoms with van der Waals surface area (Å²) in [4.78, 5) is 11.1. The van der Waals surface area contributed by atoms with Crippen LogP contribution in [0.1, 0.15) is 91.4 Å². The Balaban J connectivity index is 2.40. The van der Waals surface area contributed by atoms with Gasteiger partial charge >= 0.3 is 5.97 Å². The van der Waals surface area contributed by atoms with E-state index in [9.17, 15) is 4.79 Å². The van der Waals surface area contributed by atoms with Crippen molar-refractivity contribution in [3.05, 3.63) is 0 Å². The number of hydrogen-bond acceptors (Lipinski definition) is 2. The zero-order valence-electron chi connectivity index (χ0n) is 13.2. The van der Waals surface area contributed by atoms with Crippen molar-refractivity contribution in [2.45, 2.75) is 97.5 Å². The Bertz CT molecular complexity index is 258. The molecule has 0 aromatic heterocycles. The number of esters is 1. The fourth-order valence-corrected chi connectivity index (χ4v) is 3.10. The molecule has 2 heteroatoms. The average Bonchev–Trinajstić information content (AvgIpc) is 2.32. The fraction of sp³-hybridized carbons (Fsp3) is 0.941. The van der Waals surface area contributed by atoms with E-state index in [2.05, 4.69) is 13.8 Å². The first-order valence-corrected chi connectivity index (χ1v) is 8.17. The van der Waals surface area contributed by atoms with E-state index in [1.165, 1.54) is 64.7 Å². The Morgan fingerprint density at radius 3 is 1.89 bits per heavy atom. The van der Waals surface area contributed by atoms with Crippen LogP contribution in [0.25, 0.3) is 0 Å². The van der Waals surface area contributed by atoms with Gasteiger partial charge in [-0.1, -0.05) is 46.0 Å². The molecule has 112 valence electrons. The summed E-state index contributed by atoms with van der Waals surface area (Å²) >= 11 is 0. The molecular weight excluding hydrogens is 236 g/mol. The summed E-state index contributed by atoms with van der Waals surface area (Å²) in [7, 11) is 0. The molecule has 0 N–H and O–H groups in total. The van der Waals surface area contributed by atoms with Crippen LogP contribution in [0.5, 0.6) is 0 Å². The largest absolute Gasteiger partial charge is 0.463 e. The Kier molecular flexibility index (Phi) is 7.48. The summed E-state index contributed by atoms with van der Waals surface area (Å²) in [5, 5.41) is 0. The molecule has 2 nitrogen and oxygen atoms in total. The van der Waals surface area contributed by atoms with Crippen LogP contribution in [0.2, 0.25) is 0 Å². The minimum Gasteiger partial charge on any atom is -0.463 e. The molecule has 0 bridgehead atoms. The standard InChI is InChI=1S/C17H32O2/c1-15(18)19-16-11-7-4-5-9-13-17(2,3)14-10-6-8-12-16/h16H,4-14H2,1-3H3. The zero-order chi connectivity index (χ0) is 14.1. The molecule has 1 unspecified atom stereocenters. The normalized spacial score (nSPS) is 26.6. The van der Waals surface area contributed by atoms with Crippen LogP contribution in [0.4, 0.5) is 0 Å². The highest BCUT2D eigenvalue weighted by Crippen LogP contribution is 2.31. The van der Waals surface area contributed by atoms with Gasteiger partial charge in [0.2, 0.25) is 0 Å². The Morgan fingerprint density at radius 1 is 0.895 bits per heavy atom. The molecule has 1 aliphatic rings. The number of carbonyl (C=O) groups is 1.